The fraction of sp³-hybridized carbons (Fsp3) is 0.0323. The molecule has 1 aliphatic carbocycles. The number of hydrogen-bond acceptors (Lipinski definition) is 4. The van der Waals surface area contributed by atoms with Crippen LogP contribution in [0.1, 0.15) is 12.8 Å². The van der Waals surface area contributed by atoms with E-state index < -0.39 is 0 Å². The Kier molecular flexibility index (Phi) is 10.3. The maximum absolute atomic E-state index is 5.19. The molecule has 0 N–H and O–H groups in total. The summed E-state index contributed by atoms with van der Waals surface area (Å²) in [4.78, 5) is 20.8. The van der Waals surface area contributed by atoms with E-state index in [1.165, 1.54) is 27.5 Å². The van der Waals surface area contributed by atoms with Crippen LogP contribution in [0.15, 0.2) is 237 Å². The highest BCUT2D eigenvalue weighted by molar-refractivity contribution is 6.18. The van der Waals surface area contributed by atoms with Gasteiger partial charge in [0.15, 0.2) is 11.6 Å². The number of benzene rings is 8. The van der Waals surface area contributed by atoms with Crippen LogP contribution in [0.25, 0.3) is 118 Å². The Labute approximate surface area is 389 Å². The molecular formula is C62H43N5. The number of allylic oxidation sites excluding steroid dienone is 4. The lowest BCUT2D eigenvalue weighted by Crippen LogP contribution is -2.01. The van der Waals surface area contributed by atoms with Gasteiger partial charge in [0, 0.05) is 61.0 Å². The van der Waals surface area contributed by atoms with E-state index in [1.54, 1.807) is 0 Å². The summed E-state index contributed by atoms with van der Waals surface area (Å²) in [6, 6.07) is 76.5. The third-order valence-electron chi connectivity index (χ3n) is 12.7. The summed E-state index contributed by atoms with van der Waals surface area (Å²) >= 11 is 0. The molecule has 5 nitrogen and oxygen atoms in total. The lowest BCUT2D eigenvalue weighted by Gasteiger charge is -2.18. The van der Waals surface area contributed by atoms with E-state index in [-0.39, 0.29) is 0 Å². The van der Waals surface area contributed by atoms with Gasteiger partial charge in [-0.1, -0.05) is 206 Å². The molecule has 0 atom stereocenters. The van der Waals surface area contributed by atoms with Gasteiger partial charge < -0.3 is 4.57 Å². The Hall–Kier alpha value is -8.80. The first kappa shape index (κ1) is 39.8. The molecule has 0 radical (unpaired) electrons. The first-order valence-electron chi connectivity index (χ1n) is 22.9. The van der Waals surface area contributed by atoms with Crippen LogP contribution in [0.4, 0.5) is 0 Å². The largest absolute Gasteiger partial charge is 0.312 e. The van der Waals surface area contributed by atoms with Crippen LogP contribution in [0.2, 0.25) is 0 Å². The summed E-state index contributed by atoms with van der Waals surface area (Å²) in [6.45, 7) is 0. The first-order chi connectivity index (χ1) is 33.2. The van der Waals surface area contributed by atoms with Crippen molar-refractivity contribution in [2.45, 2.75) is 12.8 Å². The van der Waals surface area contributed by atoms with E-state index in [2.05, 4.69) is 217 Å². The molecule has 0 bridgehead atoms. The molecule has 1 aliphatic rings. The van der Waals surface area contributed by atoms with E-state index in [0.29, 0.717) is 11.6 Å². The van der Waals surface area contributed by atoms with E-state index in [4.69, 9.17) is 19.9 Å². The molecule has 0 spiro atoms. The molecule has 0 fully saturated rings. The molecular weight excluding hydrogens is 815 g/mol. The zero-order valence-corrected chi connectivity index (χ0v) is 36.7. The number of rotatable bonds is 9. The molecule has 5 heteroatoms. The van der Waals surface area contributed by atoms with Crippen LogP contribution in [-0.4, -0.2) is 24.5 Å². The molecule has 316 valence electrons. The molecule has 0 saturated heterocycles. The molecule has 0 unspecified atom stereocenters. The molecule has 3 aromatic heterocycles. The van der Waals surface area contributed by atoms with Crippen molar-refractivity contribution in [3.8, 4) is 90.1 Å². The highest BCUT2D eigenvalue weighted by Crippen LogP contribution is 2.44. The van der Waals surface area contributed by atoms with Crippen molar-refractivity contribution in [1.29, 1.82) is 0 Å². The SMILES string of the molecule is C1=CCCC(n2c3c(-c4cccc(-c5nc(-c6ccccc6)cc(-c6ccccc6)n5)c4)cccc3c3cccc(-c4cccc(-c5nc(-c6ccccc6)cc(-c6ccccc6)n5)c4)c32)=C1. The molecule has 0 amide bonds. The summed E-state index contributed by atoms with van der Waals surface area (Å²) in [6.07, 6.45) is 8.63. The summed E-state index contributed by atoms with van der Waals surface area (Å²) in [7, 11) is 0. The zero-order valence-electron chi connectivity index (χ0n) is 36.7. The van der Waals surface area contributed by atoms with Gasteiger partial charge in [-0.05, 0) is 54.3 Å². The Bertz CT molecular complexity index is 3320. The van der Waals surface area contributed by atoms with Crippen LogP contribution in [-0.2, 0) is 0 Å². The fourth-order valence-corrected chi connectivity index (χ4v) is 9.48. The molecule has 3 heterocycles. The summed E-state index contributed by atoms with van der Waals surface area (Å²) in [5.74, 6) is 1.37. The minimum atomic E-state index is 0.686. The average molecular weight is 858 g/mol. The van der Waals surface area contributed by atoms with E-state index in [1.807, 2.05) is 24.3 Å². The summed E-state index contributed by atoms with van der Waals surface area (Å²) in [5, 5.41) is 2.40. The van der Waals surface area contributed by atoms with Gasteiger partial charge in [0.25, 0.3) is 0 Å². The van der Waals surface area contributed by atoms with Crippen molar-refractivity contribution < 1.29 is 0 Å². The zero-order chi connectivity index (χ0) is 44.5. The number of aromatic nitrogens is 5. The van der Waals surface area contributed by atoms with Crippen LogP contribution in [0.5, 0.6) is 0 Å². The quantitative estimate of drug-likeness (QED) is 0.145. The normalized spacial score (nSPS) is 12.4. The fourth-order valence-electron chi connectivity index (χ4n) is 9.48. The van der Waals surface area contributed by atoms with Crippen LogP contribution < -0.4 is 0 Å². The second-order valence-electron chi connectivity index (χ2n) is 16.9. The molecule has 8 aromatic carbocycles. The predicted molar refractivity (Wildman–Crippen MR) is 277 cm³/mol. The van der Waals surface area contributed by atoms with Crippen molar-refractivity contribution in [3.05, 3.63) is 237 Å². The Morgan fingerprint density at radius 3 is 1.06 bits per heavy atom. The number of hydrogen-bond donors (Lipinski definition) is 0. The minimum Gasteiger partial charge on any atom is -0.312 e. The van der Waals surface area contributed by atoms with Crippen molar-refractivity contribution in [1.82, 2.24) is 24.5 Å². The van der Waals surface area contributed by atoms with Gasteiger partial charge >= 0.3 is 0 Å². The molecule has 11 aromatic rings. The summed E-state index contributed by atoms with van der Waals surface area (Å²) < 4.78 is 2.53. The maximum Gasteiger partial charge on any atom is 0.160 e. The van der Waals surface area contributed by atoms with Crippen LogP contribution in [0.3, 0.4) is 0 Å². The van der Waals surface area contributed by atoms with Crippen molar-refractivity contribution in [3.63, 3.8) is 0 Å². The molecule has 12 rings (SSSR count). The third kappa shape index (κ3) is 7.62. The molecule has 67 heavy (non-hydrogen) atoms. The molecule has 0 aliphatic heterocycles. The third-order valence-corrected chi connectivity index (χ3v) is 12.7. The van der Waals surface area contributed by atoms with Gasteiger partial charge in [-0.15, -0.1) is 0 Å². The lowest BCUT2D eigenvalue weighted by atomic mass is 9.98. The Morgan fingerprint density at radius 2 is 0.687 bits per heavy atom. The van der Waals surface area contributed by atoms with E-state index >= 15 is 0 Å². The Morgan fingerprint density at radius 1 is 0.328 bits per heavy atom. The predicted octanol–water partition coefficient (Wildman–Crippen LogP) is 15.9. The number of fused-ring (bicyclic) bond motifs is 3. The second kappa shape index (κ2) is 17.3. The van der Waals surface area contributed by atoms with Crippen LogP contribution >= 0.6 is 0 Å². The Balaban J connectivity index is 1.03. The van der Waals surface area contributed by atoms with Crippen LogP contribution in [0, 0.1) is 0 Å². The maximum atomic E-state index is 5.19. The van der Waals surface area contributed by atoms with E-state index in [9.17, 15) is 0 Å². The monoisotopic (exact) mass is 857 g/mol. The molecule has 0 saturated carbocycles. The lowest BCUT2D eigenvalue weighted by molar-refractivity contribution is 0.980. The van der Waals surface area contributed by atoms with Gasteiger partial charge in [-0.2, -0.15) is 0 Å². The smallest absolute Gasteiger partial charge is 0.160 e. The van der Waals surface area contributed by atoms with Crippen molar-refractivity contribution in [2.24, 2.45) is 0 Å². The van der Waals surface area contributed by atoms with Gasteiger partial charge in [-0.3, -0.25) is 0 Å². The number of para-hydroxylation sites is 2. The standard InChI is InChI=1S/C62H43N5/c1-6-20-42(21-7-1)55-40-56(43-22-8-2-9-23-43)64-61(63-55)48-30-16-28-46(38-48)51-34-18-36-53-54-37-19-35-52(60(54)67(59(51)53)50-32-14-5-15-33-50)47-29-17-31-49(39-47)62-65-57(44-24-10-3-11-25-44)41-58(66-62)45-26-12-4-13-27-45/h1-14,16-32,34-41H,15,33H2. The van der Waals surface area contributed by atoms with Gasteiger partial charge in [-0.25, -0.2) is 19.9 Å². The number of nitrogens with zero attached hydrogens (tertiary/aromatic N) is 5. The van der Waals surface area contributed by atoms with Crippen molar-refractivity contribution in [2.75, 3.05) is 0 Å². The topological polar surface area (TPSA) is 56.5 Å². The van der Waals surface area contributed by atoms with Gasteiger partial charge in [0.1, 0.15) is 0 Å². The van der Waals surface area contributed by atoms with Crippen molar-refractivity contribution >= 4 is 27.5 Å². The van der Waals surface area contributed by atoms with E-state index in [0.717, 1.165) is 91.3 Å². The average Bonchev–Trinajstić information content (AvgIpc) is 3.77. The second-order valence-corrected chi connectivity index (χ2v) is 16.9. The first-order valence-corrected chi connectivity index (χ1v) is 22.9. The summed E-state index contributed by atoms with van der Waals surface area (Å²) in [5.41, 5.74) is 17.8. The minimum absolute atomic E-state index is 0.686. The highest BCUT2D eigenvalue weighted by Gasteiger charge is 2.22. The van der Waals surface area contributed by atoms with Gasteiger partial charge in [0.2, 0.25) is 0 Å². The van der Waals surface area contributed by atoms with Gasteiger partial charge in [0.05, 0.1) is 33.8 Å². The highest BCUT2D eigenvalue weighted by atomic mass is 15.0.